The molecule has 1 spiro atoms. The predicted octanol–water partition coefficient (Wildman–Crippen LogP) is 0.224. The van der Waals surface area contributed by atoms with E-state index in [1.54, 1.807) is 22.7 Å². The van der Waals surface area contributed by atoms with Crippen molar-refractivity contribution >= 4 is 11.8 Å². The van der Waals surface area contributed by atoms with Crippen LogP contribution in [0.1, 0.15) is 23.8 Å². The normalized spacial score (nSPS) is 25.8. The number of nitrogens with zero attached hydrogens (tertiary/aromatic N) is 4. The topological polar surface area (TPSA) is 67.7 Å². The molecular weight excluding hydrogens is 284 g/mol. The lowest BCUT2D eigenvalue weighted by atomic mass is 9.88. The lowest BCUT2D eigenvalue weighted by Gasteiger charge is -2.29. The smallest absolute Gasteiger partial charge is 0.274 e. The van der Waals surface area contributed by atoms with E-state index < -0.39 is 0 Å². The van der Waals surface area contributed by atoms with Crippen LogP contribution in [0.3, 0.4) is 0 Å². The fraction of sp³-hybridized carbons (Fsp3) is 0.667. The van der Waals surface area contributed by atoms with Crippen LogP contribution in [-0.4, -0.2) is 71.3 Å². The highest BCUT2D eigenvalue weighted by atomic mass is 16.5. The maximum absolute atomic E-state index is 12.6. The van der Waals surface area contributed by atoms with E-state index in [-0.39, 0.29) is 23.8 Å². The highest BCUT2D eigenvalue weighted by Gasteiger charge is 2.43. The van der Waals surface area contributed by atoms with Crippen molar-refractivity contribution in [3.8, 4) is 0 Å². The average molecular weight is 306 g/mol. The Morgan fingerprint density at radius 1 is 1.45 bits per heavy atom. The van der Waals surface area contributed by atoms with Gasteiger partial charge in [-0.1, -0.05) is 0 Å². The average Bonchev–Trinajstić information content (AvgIpc) is 3.10. The van der Waals surface area contributed by atoms with Gasteiger partial charge in [-0.15, -0.1) is 0 Å². The van der Waals surface area contributed by atoms with Crippen LogP contribution in [-0.2, 0) is 16.1 Å². The maximum atomic E-state index is 12.6. The van der Waals surface area contributed by atoms with Gasteiger partial charge in [-0.3, -0.25) is 14.3 Å². The standard InChI is InChI=1S/C15H22N4O3/c1-3-19-6-4-12(16-19)14(21)18-7-5-15(10-18)9-17(2)13(20)8-22-11-15/h4,6H,3,5,7-11H2,1-2H3. The first kappa shape index (κ1) is 15.0. The van der Waals surface area contributed by atoms with E-state index in [0.717, 1.165) is 13.0 Å². The van der Waals surface area contributed by atoms with Gasteiger partial charge >= 0.3 is 0 Å². The van der Waals surface area contributed by atoms with Crippen LogP contribution >= 0.6 is 0 Å². The van der Waals surface area contributed by atoms with E-state index in [2.05, 4.69) is 5.10 Å². The maximum Gasteiger partial charge on any atom is 0.274 e. The predicted molar refractivity (Wildman–Crippen MR) is 79.3 cm³/mol. The number of likely N-dealkylation sites (tertiary alicyclic amines) is 1. The van der Waals surface area contributed by atoms with E-state index in [9.17, 15) is 9.59 Å². The van der Waals surface area contributed by atoms with Crippen molar-refractivity contribution in [2.45, 2.75) is 19.9 Å². The minimum Gasteiger partial charge on any atom is -0.371 e. The van der Waals surface area contributed by atoms with Gasteiger partial charge < -0.3 is 14.5 Å². The van der Waals surface area contributed by atoms with Crippen molar-refractivity contribution in [1.82, 2.24) is 19.6 Å². The third kappa shape index (κ3) is 2.72. The molecular formula is C15H22N4O3. The van der Waals surface area contributed by atoms with Crippen molar-refractivity contribution in [2.75, 3.05) is 39.9 Å². The summed E-state index contributed by atoms with van der Waals surface area (Å²) in [5.41, 5.74) is 0.335. The Labute approximate surface area is 129 Å². The number of carbonyl (C=O) groups excluding carboxylic acids is 2. The summed E-state index contributed by atoms with van der Waals surface area (Å²) in [7, 11) is 1.80. The summed E-state index contributed by atoms with van der Waals surface area (Å²) < 4.78 is 7.27. The summed E-state index contributed by atoms with van der Waals surface area (Å²) in [6.07, 6.45) is 2.67. The molecule has 3 rings (SSSR count). The third-order valence-corrected chi connectivity index (χ3v) is 4.54. The van der Waals surface area contributed by atoms with E-state index in [0.29, 0.717) is 31.9 Å². The number of ether oxygens (including phenoxy) is 1. The van der Waals surface area contributed by atoms with Crippen molar-refractivity contribution in [3.63, 3.8) is 0 Å². The number of hydrogen-bond donors (Lipinski definition) is 0. The van der Waals surface area contributed by atoms with Crippen LogP contribution in [0.4, 0.5) is 0 Å². The Hall–Kier alpha value is -1.89. The molecule has 2 fully saturated rings. The zero-order valence-electron chi connectivity index (χ0n) is 13.1. The van der Waals surface area contributed by atoms with E-state index in [1.807, 2.05) is 18.0 Å². The molecule has 0 aromatic carbocycles. The minimum absolute atomic E-state index is 0.00309. The molecule has 1 unspecified atom stereocenters. The first-order valence-corrected chi connectivity index (χ1v) is 7.67. The van der Waals surface area contributed by atoms with Gasteiger partial charge in [-0.25, -0.2) is 0 Å². The largest absolute Gasteiger partial charge is 0.371 e. The second kappa shape index (κ2) is 5.72. The number of hydrogen-bond acceptors (Lipinski definition) is 4. The molecule has 7 heteroatoms. The summed E-state index contributed by atoms with van der Waals surface area (Å²) in [4.78, 5) is 27.8. The quantitative estimate of drug-likeness (QED) is 0.784. The molecule has 0 N–H and O–H groups in total. The zero-order chi connectivity index (χ0) is 15.7. The molecule has 0 bridgehead atoms. The molecule has 0 aliphatic carbocycles. The number of carbonyl (C=O) groups is 2. The molecule has 0 saturated carbocycles. The summed E-state index contributed by atoms with van der Waals surface area (Å²) >= 11 is 0. The Morgan fingerprint density at radius 2 is 2.27 bits per heavy atom. The van der Waals surface area contributed by atoms with E-state index in [4.69, 9.17) is 4.74 Å². The molecule has 22 heavy (non-hydrogen) atoms. The van der Waals surface area contributed by atoms with Crippen LogP contribution in [0.5, 0.6) is 0 Å². The summed E-state index contributed by atoms with van der Waals surface area (Å²) in [6, 6.07) is 1.76. The zero-order valence-corrected chi connectivity index (χ0v) is 13.1. The molecule has 2 saturated heterocycles. The minimum atomic E-state index is -0.149. The molecule has 7 nitrogen and oxygen atoms in total. The Balaban J connectivity index is 1.71. The molecule has 0 radical (unpaired) electrons. The Morgan fingerprint density at radius 3 is 3.00 bits per heavy atom. The van der Waals surface area contributed by atoms with Crippen molar-refractivity contribution in [2.24, 2.45) is 5.41 Å². The fourth-order valence-electron chi connectivity index (χ4n) is 3.27. The van der Waals surface area contributed by atoms with Crippen LogP contribution < -0.4 is 0 Å². The second-order valence-electron chi connectivity index (χ2n) is 6.28. The van der Waals surface area contributed by atoms with Gasteiger partial charge in [-0.2, -0.15) is 5.10 Å². The van der Waals surface area contributed by atoms with Gasteiger partial charge in [0.25, 0.3) is 5.91 Å². The van der Waals surface area contributed by atoms with Gasteiger partial charge in [-0.05, 0) is 19.4 Å². The van der Waals surface area contributed by atoms with E-state index >= 15 is 0 Å². The van der Waals surface area contributed by atoms with Gasteiger partial charge in [0.05, 0.1) is 6.61 Å². The van der Waals surface area contributed by atoms with Crippen LogP contribution in [0.2, 0.25) is 0 Å². The number of amides is 2. The third-order valence-electron chi connectivity index (χ3n) is 4.54. The monoisotopic (exact) mass is 306 g/mol. The van der Waals surface area contributed by atoms with Gasteiger partial charge in [0.2, 0.25) is 5.91 Å². The second-order valence-corrected chi connectivity index (χ2v) is 6.28. The number of rotatable bonds is 2. The molecule has 2 aliphatic rings. The lowest BCUT2D eigenvalue weighted by molar-refractivity contribution is -0.132. The van der Waals surface area contributed by atoms with Gasteiger partial charge in [0.15, 0.2) is 0 Å². The van der Waals surface area contributed by atoms with Crippen molar-refractivity contribution < 1.29 is 14.3 Å². The summed E-state index contributed by atoms with van der Waals surface area (Å²) in [5.74, 6) is -0.0364. The molecule has 3 heterocycles. The Kier molecular flexibility index (Phi) is 3.90. The van der Waals surface area contributed by atoms with Crippen LogP contribution in [0.15, 0.2) is 12.3 Å². The molecule has 1 aromatic heterocycles. The van der Waals surface area contributed by atoms with Crippen LogP contribution in [0.25, 0.3) is 0 Å². The molecule has 2 amide bonds. The van der Waals surface area contributed by atoms with Crippen molar-refractivity contribution in [3.05, 3.63) is 18.0 Å². The summed E-state index contributed by atoms with van der Waals surface area (Å²) in [6.45, 7) is 5.33. The molecule has 1 aromatic rings. The number of aromatic nitrogens is 2. The highest BCUT2D eigenvalue weighted by Crippen LogP contribution is 2.33. The molecule has 1 atom stereocenters. The lowest BCUT2D eigenvalue weighted by Crippen LogP contribution is -2.41. The van der Waals surface area contributed by atoms with Gasteiger partial charge in [0, 0.05) is 44.8 Å². The molecule has 2 aliphatic heterocycles. The highest BCUT2D eigenvalue weighted by molar-refractivity contribution is 5.92. The van der Waals surface area contributed by atoms with E-state index in [1.165, 1.54) is 0 Å². The Bertz CT molecular complexity index is 585. The first-order chi connectivity index (χ1) is 10.5. The van der Waals surface area contributed by atoms with Crippen molar-refractivity contribution in [1.29, 1.82) is 0 Å². The van der Waals surface area contributed by atoms with Crippen LogP contribution in [0, 0.1) is 5.41 Å². The van der Waals surface area contributed by atoms with Gasteiger partial charge in [0.1, 0.15) is 12.3 Å². The SMILES string of the molecule is CCn1ccc(C(=O)N2CCC3(COCC(=O)N(C)C3)C2)n1. The first-order valence-electron chi connectivity index (χ1n) is 7.67. The summed E-state index contributed by atoms with van der Waals surface area (Å²) in [5, 5.41) is 4.28. The number of aryl methyl sites for hydroxylation is 1. The fourth-order valence-corrected chi connectivity index (χ4v) is 3.27. The molecule has 120 valence electrons. The number of likely N-dealkylation sites (N-methyl/N-ethyl adjacent to an activating group) is 1.